The third-order valence-corrected chi connectivity index (χ3v) is 6.88. The molecule has 3 heterocycles. The van der Waals surface area contributed by atoms with Gasteiger partial charge in [-0.05, 0) is 44.7 Å². The lowest BCUT2D eigenvalue weighted by molar-refractivity contribution is -0.000242. The molecule has 160 valence electrons. The lowest BCUT2D eigenvalue weighted by Gasteiger charge is -2.35. The van der Waals surface area contributed by atoms with E-state index in [1.807, 2.05) is 23.1 Å². The van der Waals surface area contributed by atoms with Crippen LogP contribution in [-0.2, 0) is 5.41 Å². The number of nitriles is 1. The monoisotopic (exact) mass is 420 g/mol. The summed E-state index contributed by atoms with van der Waals surface area (Å²) >= 11 is 0. The Labute approximate surface area is 180 Å². The van der Waals surface area contributed by atoms with E-state index >= 15 is 0 Å². The number of fused-ring (bicyclic) bond motifs is 1. The molecule has 5 rings (SSSR count). The Morgan fingerprint density at radius 3 is 2.61 bits per heavy atom. The van der Waals surface area contributed by atoms with E-state index in [0.717, 1.165) is 35.7 Å². The second kappa shape index (κ2) is 6.99. The van der Waals surface area contributed by atoms with Crippen molar-refractivity contribution in [2.75, 3.05) is 18.0 Å². The Morgan fingerprint density at radius 1 is 1.19 bits per heavy atom. The predicted molar refractivity (Wildman–Crippen MR) is 115 cm³/mol. The summed E-state index contributed by atoms with van der Waals surface area (Å²) in [5, 5.41) is 25.5. The smallest absolute Gasteiger partial charge is 0.159 e. The number of nitrogens with zero attached hydrogens (tertiary/aromatic N) is 6. The maximum atomic E-state index is 14.5. The average Bonchev–Trinajstić information content (AvgIpc) is 3.31. The summed E-state index contributed by atoms with van der Waals surface area (Å²) in [4.78, 5) is 10.6. The molecular formula is C23H25FN6O. The van der Waals surface area contributed by atoms with Crippen LogP contribution in [-0.4, -0.2) is 49.7 Å². The maximum Gasteiger partial charge on any atom is 0.159 e. The fraction of sp³-hybridized carbons (Fsp3) is 0.478. The second-order valence-electron chi connectivity index (χ2n) is 9.29. The van der Waals surface area contributed by atoms with Crippen molar-refractivity contribution in [3.63, 3.8) is 0 Å². The van der Waals surface area contributed by atoms with Crippen LogP contribution in [0, 0.1) is 17.2 Å². The van der Waals surface area contributed by atoms with Crippen molar-refractivity contribution in [2.24, 2.45) is 5.92 Å². The largest absolute Gasteiger partial charge is 0.390 e. The molecule has 1 aliphatic heterocycles. The first-order chi connectivity index (χ1) is 14.8. The number of benzene rings is 1. The van der Waals surface area contributed by atoms with E-state index in [1.54, 1.807) is 30.8 Å². The Bertz CT molecular complexity index is 1170. The van der Waals surface area contributed by atoms with Crippen LogP contribution in [0.15, 0.2) is 36.8 Å². The quantitative estimate of drug-likeness (QED) is 0.696. The minimum Gasteiger partial charge on any atom is -0.390 e. The first-order valence-corrected chi connectivity index (χ1v) is 10.6. The highest BCUT2D eigenvalue weighted by Gasteiger charge is 2.42. The van der Waals surface area contributed by atoms with Gasteiger partial charge in [0.05, 0.1) is 35.3 Å². The highest BCUT2D eigenvalue weighted by molar-refractivity contribution is 5.81. The van der Waals surface area contributed by atoms with Crippen molar-refractivity contribution in [1.82, 2.24) is 19.7 Å². The third-order valence-electron chi connectivity index (χ3n) is 6.88. The molecule has 1 N–H and O–H groups in total. The molecule has 0 unspecified atom stereocenters. The molecule has 1 aliphatic carbocycles. The number of hydrogen-bond donors (Lipinski definition) is 1. The van der Waals surface area contributed by atoms with E-state index in [2.05, 4.69) is 21.1 Å². The second-order valence-corrected chi connectivity index (χ2v) is 9.29. The summed E-state index contributed by atoms with van der Waals surface area (Å²) in [6.45, 7) is 3.85. The van der Waals surface area contributed by atoms with E-state index < -0.39 is 23.1 Å². The van der Waals surface area contributed by atoms with Gasteiger partial charge in [0, 0.05) is 23.9 Å². The molecule has 2 atom stereocenters. The van der Waals surface area contributed by atoms with Crippen LogP contribution < -0.4 is 4.90 Å². The van der Waals surface area contributed by atoms with Crippen LogP contribution in [0.3, 0.4) is 0 Å². The lowest BCUT2D eigenvalue weighted by Crippen LogP contribution is -2.37. The summed E-state index contributed by atoms with van der Waals surface area (Å²) in [6, 6.07) is 10.3. The van der Waals surface area contributed by atoms with Crippen molar-refractivity contribution in [2.45, 2.75) is 50.3 Å². The molecule has 2 fully saturated rings. The number of hydrogen-bond acceptors (Lipinski definition) is 6. The van der Waals surface area contributed by atoms with Crippen molar-refractivity contribution in [1.29, 1.82) is 5.26 Å². The number of rotatable bonds is 4. The molecule has 3 aromatic rings. The topological polar surface area (TPSA) is 90.9 Å². The molecule has 0 radical (unpaired) electrons. The summed E-state index contributed by atoms with van der Waals surface area (Å²) in [6.07, 6.45) is 4.92. The van der Waals surface area contributed by atoms with E-state index in [4.69, 9.17) is 0 Å². The van der Waals surface area contributed by atoms with Gasteiger partial charge in [-0.3, -0.25) is 0 Å². The van der Waals surface area contributed by atoms with Gasteiger partial charge >= 0.3 is 0 Å². The van der Waals surface area contributed by atoms with Crippen LogP contribution in [0.1, 0.15) is 38.7 Å². The fourth-order valence-electron chi connectivity index (χ4n) is 4.74. The van der Waals surface area contributed by atoms with Crippen LogP contribution >= 0.6 is 0 Å². The first kappa shape index (κ1) is 19.9. The molecule has 0 spiro atoms. The SMILES string of the molecule is CC(C)(O)[C@H]1CN(c2cc(-n3ncc4ccc(C5(C#N)CCC5)cc43)ncn2)C[C@H]1F. The van der Waals surface area contributed by atoms with Crippen molar-refractivity contribution < 1.29 is 9.50 Å². The van der Waals surface area contributed by atoms with Crippen molar-refractivity contribution in [3.05, 3.63) is 42.4 Å². The fourth-order valence-corrected chi connectivity index (χ4v) is 4.74. The lowest BCUT2D eigenvalue weighted by atomic mass is 9.65. The van der Waals surface area contributed by atoms with Gasteiger partial charge in [-0.1, -0.05) is 12.1 Å². The van der Waals surface area contributed by atoms with Crippen LogP contribution in [0.2, 0.25) is 0 Å². The molecule has 1 saturated carbocycles. The predicted octanol–water partition coefficient (Wildman–Crippen LogP) is 3.31. The highest BCUT2D eigenvalue weighted by atomic mass is 19.1. The normalized spacial score (nSPS) is 23.0. The molecule has 7 nitrogen and oxygen atoms in total. The zero-order chi connectivity index (χ0) is 21.8. The average molecular weight is 420 g/mol. The number of anilines is 1. The Balaban J connectivity index is 1.50. The van der Waals surface area contributed by atoms with Crippen LogP contribution in [0.25, 0.3) is 16.7 Å². The van der Waals surface area contributed by atoms with Crippen LogP contribution in [0.5, 0.6) is 0 Å². The van der Waals surface area contributed by atoms with E-state index in [1.165, 1.54) is 6.33 Å². The molecule has 1 aromatic carbocycles. The summed E-state index contributed by atoms with van der Waals surface area (Å²) in [5.74, 6) is 0.703. The molecule has 8 heteroatoms. The molecule has 0 bridgehead atoms. The van der Waals surface area contributed by atoms with Crippen molar-refractivity contribution >= 4 is 16.7 Å². The number of halogens is 1. The zero-order valence-corrected chi connectivity index (χ0v) is 17.7. The number of aliphatic hydroxyl groups is 1. The number of aromatic nitrogens is 4. The van der Waals surface area contributed by atoms with Gasteiger partial charge in [0.1, 0.15) is 18.3 Å². The molecule has 0 amide bonds. The molecular weight excluding hydrogens is 395 g/mol. The van der Waals surface area contributed by atoms with Gasteiger partial charge in [-0.25, -0.2) is 19.0 Å². The minimum atomic E-state index is -1.13. The molecule has 1 saturated heterocycles. The van der Waals surface area contributed by atoms with Gasteiger partial charge in [-0.2, -0.15) is 10.4 Å². The van der Waals surface area contributed by atoms with Gasteiger partial charge in [0.15, 0.2) is 5.82 Å². The Kier molecular flexibility index (Phi) is 4.48. The van der Waals surface area contributed by atoms with Crippen LogP contribution in [0.4, 0.5) is 10.2 Å². The van der Waals surface area contributed by atoms with Gasteiger partial charge in [-0.15, -0.1) is 0 Å². The standard InChI is InChI=1S/C23H25FN6O/c1-22(2,31)17-11-29(12-18(17)24)20-9-21(27-14-26-20)30-19-8-16(5-4-15(19)10-28-30)23(13-25)6-3-7-23/h4-5,8-10,14,17-18,31H,3,6-7,11-12H2,1-2H3/t17-,18+/m0/s1. The highest BCUT2D eigenvalue weighted by Crippen LogP contribution is 2.44. The summed E-state index contributed by atoms with van der Waals surface area (Å²) in [5.41, 5.74) is 0.384. The Morgan fingerprint density at radius 2 is 1.97 bits per heavy atom. The summed E-state index contributed by atoms with van der Waals surface area (Å²) in [7, 11) is 0. The van der Waals surface area contributed by atoms with E-state index in [-0.39, 0.29) is 6.54 Å². The zero-order valence-electron chi connectivity index (χ0n) is 17.7. The molecule has 2 aliphatic rings. The maximum absolute atomic E-state index is 14.5. The van der Waals surface area contributed by atoms with Crippen molar-refractivity contribution in [3.8, 4) is 11.9 Å². The Hall–Kier alpha value is -3.05. The minimum absolute atomic E-state index is 0.180. The molecule has 2 aromatic heterocycles. The number of alkyl halides is 1. The first-order valence-electron chi connectivity index (χ1n) is 10.6. The van der Waals surface area contributed by atoms with Gasteiger partial charge < -0.3 is 10.0 Å². The summed E-state index contributed by atoms with van der Waals surface area (Å²) < 4.78 is 16.3. The third kappa shape index (κ3) is 3.24. The van der Waals surface area contributed by atoms with Gasteiger partial charge in [0.2, 0.25) is 0 Å². The van der Waals surface area contributed by atoms with E-state index in [9.17, 15) is 14.8 Å². The van der Waals surface area contributed by atoms with Gasteiger partial charge in [0.25, 0.3) is 0 Å². The van der Waals surface area contributed by atoms with E-state index in [0.29, 0.717) is 18.2 Å². The molecule has 31 heavy (non-hydrogen) atoms.